The van der Waals surface area contributed by atoms with Crippen molar-refractivity contribution in [1.82, 2.24) is 5.32 Å². The molecule has 2 amide bonds. The number of carbonyl (C=O) groups excluding carboxylic acids is 2. The van der Waals surface area contributed by atoms with Crippen LogP contribution < -0.4 is 19.7 Å². The first-order valence-corrected chi connectivity index (χ1v) is 8.84. The average molecular weight is 348 g/mol. The van der Waals surface area contributed by atoms with Crippen LogP contribution in [0.25, 0.3) is 0 Å². The first-order valence-electron chi connectivity index (χ1n) is 8.84. The highest BCUT2D eigenvalue weighted by atomic mass is 16.5. The van der Waals surface area contributed by atoms with Gasteiger partial charge in [0.15, 0.2) is 0 Å². The summed E-state index contributed by atoms with van der Waals surface area (Å²) in [6.45, 7) is 1.43. The maximum atomic E-state index is 12.5. The molecule has 0 aliphatic heterocycles. The van der Waals surface area contributed by atoms with E-state index in [1.807, 2.05) is 0 Å². The Balaban J connectivity index is 2.10. The first-order chi connectivity index (χ1) is 12.0. The number of hydrogen-bond donors (Lipinski definition) is 1. The SMILES string of the molecule is COc1ccc(N(CC(=O)NC2CCCCCC2)C(C)=O)c(OC)c1. The summed E-state index contributed by atoms with van der Waals surface area (Å²) < 4.78 is 10.5. The lowest BCUT2D eigenvalue weighted by molar-refractivity contribution is -0.123. The molecule has 25 heavy (non-hydrogen) atoms. The van der Waals surface area contributed by atoms with Crippen LogP contribution in [-0.2, 0) is 9.59 Å². The quantitative estimate of drug-likeness (QED) is 0.803. The summed E-state index contributed by atoms with van der Waals surface area (Å²) in [4.78, 5) is 26.0. The summed E-state index contributed by atoms with van der Waals surface area (Å²) in [5, 5.41) is 3.08. The molecule has 1 aromatic rings. The van der Waals surface area contributed by atoms with E-state index >= 15 is 0 Å². The van der Waals surface area contributed by atoms with Crippen molar-refractivity contribution in [1.29, 1.82) is 0 Å². The zero-order chi connectivity index (χ0) is 18.2. The maximum Gasteiger partial charge on any atom is 0.240 e. The number of benzene rings is 1. The van der Waals surface area contributed by atoms with E-state index in [4.69, 9.17) is 9.47 Å². The van der Waals surface area contributed by atoms with Crippen molar-refractivity contribution in [3.05, 3.63) is 18.2 Å². The van der Waals surface area contributed by atoms with Crippen LogP contribution in [0.2, 0.25) is 0 Å². The number of amides is 2. The zero-order valence-electron chi connectivity index (χ0n) is 15.3. The monoisotopic (exact) mass is 348 g/mol. The lowest BCUT2D eigenvalue weighted by Crippen LogP contribution is -2.43. The average Bonchev–Trinajstić information content (AvgIpc) is 2.87. The Labute approximate surface area is 149 Å². The molecule has 1 saturated carbocycles. The molecule has 138 valence electrons. The van der Waals surface area contributed by atoms with Gasteiger partial charge in [0, 0.05) is 19.0 Å². The predicted molar refractivity (Wildman–Crippen MR) is 97.2 cm³/mol. The van der Waals surface area contributed by atoms with Crippen molar-refractivity contribution in [2.45, 2.75) is 51.5 Å². The molecule has 6 nitrogen and oxygen atoms in total. The van der Waals surface area contributed by atoms with Crippen LogP contribution in [0.1, 0.15) is 45.4 Å². The molecule has 0 bridgehead atoms. The highest BCUT2D eigenvalue weighted by Crippen LogP contribution is 2.32. The first kappa shape index (κ1) is 19.1. The summed E-state index contributed by atoms with van der Waals surface area (Å²) >= 11 is 0. The predicted octanol–water partition coefficient (Wildman–Crippen LogP) is 2.90. The summed E-state index contributed by atoms with van der Waals surface area (Å²) in [5.74, 6) is 0.781. The molecule has 0 radical (unpaired) electrons. The zero-order valence-corrected chi connectivity index (χ0v) is 15.3. The minimum atomic E-state index is -0.209. The van der Waals surface area contributed by atoms with Gasteiger partial charge in [-0.3, -0.25) is 14.5 Å². The number of rotatable bonds is 6. The van der Waals surface area contributed by atoms with Gasteiger partial charge >= 0.3 is 0 Å². The molecule has 0 aromatic heterocycles. The van der Waals surface area contributed by atoms with Crippen LogP contribution in [0.5, 0.6) is 11.5 Å². The van der Waals surface area contributed by atoms with Gasteiger partial charge in [-0.25, -0.2) is 0 Å². The number of nitrogens with one attached hydrogen (secondary N) is 1. The third-order valence-corrected chi connectivity index (χ3v) is 4.58. The van der Waals surface area contributed by atoms with Crippen LogP contribution in [0.3, 0.4) is 0 Å². The Morgan fingerprint density at radius 1 is 1.12 bits per heavy atom. The lowest BCUT2D eigenvalue weighted by atomic mass is 10.1. The van der Waals surface area contributed by atoms with Gasteiger partial charge in [-0.05, 0) is 25.0 Å². The van der Waals surface area contributed by atoms with Gasteiger partial charge in [-0.15, -0.1) is 0 Å². The van der Waals surface area contributed by atoms with Gasteiger partial charge in [0.25, 0.3) is 0 Å². The summed E-state index contributed by atoms with van der Waals surface area (Å²) in [5.41, 5.74) is 0.562. The van der Waals surface area contributed by atoms with Gasteiger partial charge in [0.1, 0.15) is 18.0 Å². The molecule has 0 atom stereocenters. The third-order valence-electron chi connectivity index (χ3n) is 4.58. The third kappa shape index (κ3) is 5.37. The fourth-order valence-electron chi connectivity index (χ4n) is 3.21. The number of methoxy groups -OCH3 is 2. The lowest BCUT2D eigenvalue weighted by Gasteiger charge is -2.24. The molecule has 2 rings (SSSR count). The normalized spacial score (nSPS) is 15.2. The van der Waals surface area contributed by atoms with E-state index in [0.717, 1.165) is 25.7 Å². The van der Waals surface area contributed by atoms with Gasteiger partial charge in [0.05, 0.1) is 19.9 Å². The van der Waals surface area contributed by atoms with Gasteiger partial charge < -0.3 is 14.8 Å². The van der Waals surface area contributed by atoms with Crippen molar-refractivity contribution >= 4 is 17.5 Å². The maximum absolute atomic E-state index is 12.5. The number of hydrogen-bond acceptors (Lipinski definition) is 4. The van der Waals surface area contributed by atoms with Crippen LogP contribution >= 0.6 is 0 Å². The van der Waals surface area contributed by atoms with E-state index in [1.165, 1.54) is 31.8 Å². The van der Waals surface area contributed by atoms with Crippen molar-refractivity contribution in [3.63, 3.8) is 0 Å². The molecule has 1 aliphatic rings. The van der Waals surface area contributed by atoms with Crippen LogP contribution in [0.15, 0.2) is 18.2 Å². The van der Waals surface area contributed by atoms with Crippen molar-refractivity contribution in [2.24, 2.45) is 0 Å². The number of carbonyl (C=O) groups is 2. The molecule has 0 saturated heterocycles. The smallest absolute Gasteiger partial charge is 0.240 e. The highest BCUT2D eigenvalue weighted by Gasteiger charge is 2.22. The molecule has 1 aromatic carbocycles. The van der Waals surface area contributed by atoms with E-state index in [0.29, 0.717) is 17.2 Å². The van der Waals surface area contributed by atoms with E-state index in [9.17, 15) is 9.59 Å². The Kier molecular flexibility index (Phi) is 7.10. The molecule has 1 fully saturated rings. The minimum Gasteiger partial charge on any atom is -0.497 e. The molecule has 1 N–H and O–H groups in total. The Bertz CT molecular complexity index is 595. The Morgan fingerprint density at radius 3 is 2.36 bits per heavy atom. The fourth-order valence-corrected chi connectivity index (χ4v) is 3.21. The van der Waals surface area contributed by atoms with Gasteiger partial charge in [-0.2, -0.15) is 0 Å². The van der Waals surface area contributed by atoms with E-state index in [1.54, 1.807) is 25.3 Å². The molecule has 0 unspecified atom stereocenters. The molecular weight excluding hydrogens is 320 g/mol. The van der Waals surface area contributed by atoms with Crippen LogP contribution in [0.4, 0.5) is 5.69 Å². The number of nitrogens with zero attached hydrogens (tertiary/aromatic N) is 1. The molecular formula is C19H28N2O4. The van der Waals surface area contributed by atoms with Crippen LogP contribution in [0, 0.1) is 0 Å². The fraction of sp³-hybridized carbons (Fsp3) is 0.579. The second-order valence-electron chi connectivity index (χ2n) is 6.40. The largest absolute Gasteiger partial charge is 0.497 e. The molecule has 6 heteroatoms. The summed E-state index contributed by atoms with van der Waals surface area (Å²) in [7, 11) is 3.10. The van der Waals surface area contributed by atoms with Crippen molar-refractivity contribution in [3.8, 4) is 11.5 Å². The number of anilines is 1. The topological polar surface area (TPSA) is 67.9 Å². The molecule has 0 spiro atoms. The minimum absolute atomic E-state index is 0.0193. The highest BCUT2D eigenvalue weighted by molar-refractivity contribution is 5.98. The molecule has 1 aliphatic carbocycles. The summed E-state index contributed by atoms with van der Waals surface area (Å²) in [6, 6.07) is 5.39. The Hall–Kier alpha value is -2.24. The summed E-state index contributed by atoms with van der Waals surface area (Å²) in [6.07, 6.45) is 6.78. The van der Waals surface area contributed by atoms with Crippen LogP contribution in [-0.4, -0.2) is 38.6 Å². The Morgan fingerprint density at radius 2 is 1.80 bits per heavy atom. The van der Waals surface area contributed by atoms with Gasteiger partial charge in [-0.1, -0.05) is 25.7 Å². The van der Waals surface area contributed by atoms with E-state index in [-0.39, 0.29) is 24.4 Å². The van der Waals surface area contributed by atoms with Crippen molar-refractivity contribution < 1.29 is 19.1 Å². The van der Waals surface area contributed by atoms with E-state index in [2.05, 4.69) is 5.32 Å². The molecule has 0 heterocycles. The second kappa shape index (κ2) is 9.30. The standard InChI is InChI=1S/C19H28N2O4/c1-14(22)21(17-11-10-16(24-2)12-18(17)25-3)13-19(23)20-15-8-6-4-5-7-9-15/h10-12,15H,4-9,13H2,1-3H3,(H,20,23). The number of ether oxygens (including phenoxy) is 2. The van der Waals surface area contributed by atoms with Crippen molar-refractivity contribution in [2.75, 3.05) is 25.7 Å². The second-order valence-corrected chi connectivity index (χ2v) is 6.40. The van der Waals surface area contributed by atoms with E-state index < -0.39 is 0 Å². The van der Waals surface area contributed by atoms with Gasteiger partial charge in [0.2, 0.25) is 11.8 Å².